The summed E-state index contributed by atoms with van der Waals surface area (Å²) in [4.78, 5) is 0. The van der Waals surface area contributed by atoms with Gasteiger partial charge in [-0.2, -0.15) is 0 Å². The first kappa shape index (κ1) is 9.61. The minimum Gasteiger partial charge on any atom is -0.505 e. The van der Waals surface area contributed by atoms with Crippen molar-refractivity contribution in [1.82, 2.24) is 0 Å². The summed E-state index contributed by atoms with van der Waals surface area (Å²) in [5.74, 6) is -1.00. The standard InChI is InChI=1S/C7H5BrClFO2/c1-12-4-2-3(9)7(11)5(8)6(4)10/h2,11H,1H3. The number of halogens is 3. The lowest BCUT2D eigenvalue weighted by atomic mass is 10.3. The molecule has 0 unspecified atom stereocenters. The highest BCUT2D eigenvalue weighted by atomic mass is 79.9. The first-order valence-electron chi connectivity index (χ1n) is 2.98. The second kappa shape index (κ2) is 3.49. The van der Waals surface area contributed by atoms with Crippen LogP contribution in [-0.2, 0) is 0 Å². The summed E-state index contributed by atoms with van der Waals surface area (Å²) in [6.07, 6.45) is 0. The van der Waals surface area contributed by atoms with Crippen LogP contribution in [0.2, 0.25) is 5.02 Å². The van der Waals surface area contributed by atoms with E-state index in [-0.39, 0.29) is 21.0 Å². The van der Waals surface area contributed by atoms with Crippen LogP contribution in [0.25, 0.3) is 0 Å². The largest absolute Gasteiger partial charge is 0.505 e. The lowest BCUT2D eigenvalue weighted by molar-refractivity contribution is 0.380. The minimum atomic E-state index is -0.667. The van der Waals surface area contributed by atoms with Gasteiger partial charge in [-0.25, -0.2) is 4.39 Å². The highest BCUT2D eigenvalue weighted by molar-refractivity contribution is 9.10. The molecule has 0 fully saturated rings. The van der Waals surface area contributed by atoms with Gasteiger partial charge in [0.1, 0.15) is 4.47 Å². The number of benzene rings is 1. The minimum absolute atomic E-state index is 0.00956. The first-order chi connectivity index (χ1) is 5.57. The van der Waals surface area contributed by atoms with Gasteiger partial charge in [-0.3, -0.25) is 0 Å². The number of ether oxygens (including phenoxy) is 1. The van der Waals surface area contributed by atoms with Crippen molar-refractivity contribution in [2.75, 3.05) is 7.11 Å². The van der Waals surface area contributed by atoms with E-state index < -0.39 is 5.82 Å². The van der Waals surface area contributed by atoms with Crippen LogP contribution in [0.5, 0.6) is 11.5 Å². The Morgan fingerprint density at radius 1 is 1.67 bits per heavy atom. The SMILES string of the molecule is COc1cc(Cl)c(O)c(Br)c1F. The molecule has 0 aliphatic heterocycles. The molecule has 0 atom stereocenters. The van der Waals surface area contributed by atoms with Gasteiger partial charge in [-0.1, -0.05) is 11.6 Å². The van der Waals surface area contributed by atoms with Gasteiger partial charge in [-0.05, 0) is 15.9 Å². The third kappa shape index (κ3) is 1.49. The molecule has 1 aromatic rings. The van der Waals surface area contributed by atoms with E-state index in [9.17, 15) is 4.39 Å². The molecule has 0 bridgehead atoms. The summed E-state index contributed by atoms with van der Waals surface area (Å²) >= 11 is 8.38. The summed E-state index contributed by atoms with van der Waals surface area (Å²) < 4.78 is 17.6. The van der Waals surface area contributed by atoms with Crippen molar-refractivity contribution in [1.29, 1.82) is 0 Å². The number of hydrogen-bond donors (Lipinski definition) is 1. The van der Waals surface area contributed by atoms with Crippen molar-refractivity contribution in [2.45, 2.75) is 0 Å². The molecule has 0 saturated carbocycles. The predicted molar refractivity (Wildman–Crippen MR) is 47.3 cm³/mol. The third-order valence-electron chi connectivity index (χ3n) is 1.32. The van der Waals surface area contributed by atoms with Gasteiger partial charge < -0.3 is 9.84 Å². The molecule has 1 aromatic carbocycles. The van der Waals surface area contributed by atoms with Gasteiger partial charge in [0, 0.05) is 6.07 Å². The maximum Gasteiger partial charge on any atom is 0.183 e. The van der Waals surface area contributed by atoms with Gasteiger partial charge in [-0.15, -0.1) is 0 Å². The van der Waals surface area contributed by atoms with Crippen LogP contribution in [0.15, 0.2) is 10.5 Å². The summed E-state index contributed by atoms with van der Waals surface area (Å²) in [5, 5.41) is 9.17. The van der Waals surface area contributed by atoms with Crippen LogP contribution in [0.1, 0.15) is 0 Å². The van der Waals surface area contributed by atoms with E-state index in [0.29, 0.717) is 0 Å². The van der Waals surface area contributed by atoms with Crippen LogP contribution in [0.3, 0.4) is 0 Å². The maximum absolute atomic E-state index is 13.1. The normalized spacial score (nSPS) is 10.0. The number of methoxy groups -OCH3 is 1. The van der Waals surface area contributed by atoms with E-state index >= 15 is 0 Å². The zero-order valence-electron chi connectivity index (χ0n) is 6.07. The highest BCUT2D eigenvalue weighted by Crippen LogP contribution is 2.38. The fourth-order valence-electron chi connectivity index (χ4n) is 0.712. The van der Waals surface area contributed by atoms with Gasteiger partial charge in [0.25, 0.3) is 0 Å². The number of phenols is 1. The quantitative estimate of drug-likeness (QED) is 0.782. The maximum atomic E-state index is 13.1. The lowest BCUT2D eigenvalue weighted by Crippen LogP contribution is -1.89. The Hall–Kier alpha value is -0.480. The molecule has 0 saturated heterocycles. The average Bonchev–Trinajstić information content (AvgIpc) is 2.08. The number of hydrogen-bond acceptors (Lipinski definition) is 2. The Labute approximate surface area is 82.0 Å². The molecule has 5 heteroatoms. The lowest BCUT2D eigenvalue weighted by Gasteiger charge is -2.06. The van der Waals surface area contributed by atoms with Crippen LogP contribution in [0, 0.1) is 5.82 Å². The molecule has 2 nitrogen and oxygen atoms in total. The molecule has 0 spiro atoms. The predicted octanol–water partition coefficient (Wildman–Crippen LogP) is 2.96. The molecular weight excluding hydrogens is 250 g/mol. The summed E-state index contributed by atoms with van der Waals surface area (Å²) in [5.41, 5.74) is 0. The molecular formula is C7H5BrClFO2. The van der Waals surface area contributed by atoms with E-state index in [4.69, 9.17) is 16.7 Å². The van der Waals surface area contributed by atoms with Gasteiger partial charge in [0.2, 0.25) is 0 Å². The summed E-state index contributed by atoms with van der Waals surface area (Å²) in [6, 6.07) is 1.21. The third-order valence-corrected chi connectivity index (χ3v) is 2.33. The number of rotatable bonds is 1. The van der Waals surface area contributed by atoms with E-state index in [1.165, 1.54) is 13.2 Å². The van der Waals surface area contributed by atoms with Crippen molar-refractivity contribution in [3.8, 4) is 11.5 Å². The van der Waals surface area contributed by atoms with Crippen molar-refractivity contribution in [2.24, 2.45) is 0 Å². The monoisotopic (exact) mass is 254 g/mol. The number of phenolic OH excluding ortho intramolecular Hbond substituents is 1. The van der Waals surface area contributed by atoms with Crippen LogP contribution >= 0.6 is 27.5 Å². The fraction of sp³-hybridized carbons (Fsp3) is 0.143. The van der Waals surface area contributed by atoms with E-state index in [1.54, 1.807) is 0 Å². The topological polar surface area (TPSA) is 29.5 Å². The second-order valence-electron chi connectivity index (χ2n) is 2.04. The Kier molecular flexibility index (Phi) is 2.80. The van der Waals surface area contributed by atoms with Gasteiger partial charge in [0.05, 0.1) is 12.1 Å². The van der Waals surface area contributed by atoms with Crippen molar-refractivity contribution >= 4 is 27.5 Å². The summed E-state index contributed by atoms with van der Waals surface area (Å²) in [7, 11) is 1.32. The average molecular weight is 255 g/mol. The zero-order valence-corrected chi connectivity index (χ0v) is 8.41. The van der Waals surface area contributed by atoms with E-state index in [2.05, 4.69) is 20.7 Å². The molecule has 0 aromatic heterocycles. The number of aromatic hydroxyl groups is 1. The first-order valence-corrected chi connectivity index (χ1v) is 4.15. The summed E-state index contributed by atoms with van der Waals surface area (Å²) in [6.45, 7) is 0. The highest BCUT2D eigenvalue weighted by Gasteiger charge is 2.14. The Morgan fingerprint density at radius 2 is 2.25 bits per heavy atom. The van der Waals surface area contributed by atoms with Crippen molar-refractivity contribution < 1.29 is 14.2 Å². The Balaban J connectivity index is 3.39. The Morgan fingerprint density at radius 3 is 2.75 bits per heavy atom. The zero-order chi connectivity index (χ0) is 9.30. The van der Waals surface area contributed by atoms with Gasteiger partial charge >= 0.3 is 0 Å². The van der Waals surface area contributed by atoms with Gasteiger partial charge in [0.15, 0.2) is 17.3 Å². The molecule has 1 rings (SSSR count). The molecule has 0 amide bonds. The van der Waals surface area contributed by atoms with Crippen molar-refractivity contribution in [3.63, 3.8) is 0 Å². The molecule has 12 heavy (non-hydrogen) atoms. The molecule has 0 aliphatic carbocycles. The van der Waals surface area contributed by atoms with Crippen LogP contribution in [0.4, 0.5) is 4.39 Å². The molecule has 0 aliphatic rings. The molecule has 0 radical (unpaired) electrons. The van der Waals surface area contributed by atoms with Crippen molar-refractivity contribution in [3.05, 3.63) is 21.4 Å². The van der Waals surface area contributed by atoms with E-state index in [0.717, 1.165) is 0 Å². The smallest absolute Gasteiger partial charge is 0.183 e. The van der Waals surface area contributed by atoms with Crippen LogP contribution in [-0.4, -0.2) is 12.2 Å². The molecule has 0 heterocycles. The Bertz CT molecular complexity index is 317. The molecule has 1 N–H and O–H groups in total. The van der Waals surface area contributed by atoms with E-state index in [1.807, 2.05) is 0 Å². The second-order valence-corrected chi connectivity index (χ2v) is 3.24. The fourth-order valence-corrected chi connectivity index (χ4v) is 1.43. The molecule has 66 valence electrons. The van der Waals surface area contributed by atoms with Crippen LogP contribution < -0.4 is 4.74 Å².